The number of nitrogens with two attached hydrogens (primary N) is 1. The first kappa shape index (κ1) is 9.80. The molecular formula is C8H9N5O. The van der Waals surface area contributed by atoms with Crippen molar-refractivity contribution in [3.8, 4) is 6.19 Å². The molecule has 0 saturated carbocycles. The largest absolute Gasteiger partial charge is 0.405 e. The van der Waals surface area contributed by atoms with Gasteiger partial charge in [-0.2, -0.15) is 10.2 Å². The van der Waals surface area contributed by atoms with Gasteiger partial charge in [-0.15, -0.1) is 0 Å². The summed E-state index contributed by atoms with van der Waals surface area (Å²) >= 11 is 0. The highest BCUT2D eigenvalue weighted by atomic mass is 16.1. The lowest BCUT2D eigenvalue weighted by molar-refractivity contribution is 0.744. The molecule has 0 atom stereocenters. The average molecular weight is 191 g/mol. The summed E-state index contributed by atoms with van der Waals surface area (Å²) in [6, 6.07) is 1.54. The van der Waals surface area contributed by atoms with Crippen molar-refractivity contribution in [1.82, 2.24) is 9.55 Å². The van der Waals surface area contributed by atoms with E-state index in [1.165, 1.54) is 23.0 Å². The summed E-state index contributed by atoms with van der Waals surface area (Å²) in [5.41, 5.74) is 4.70. The van der Waals surface area contributed by atoms with Gasteiger partial charge in [-0.1, -0.05) is 0 Å². The summed E-state index contributed by atoms with van der Waals surface area (Å²) in [4.78, 5) is 14.9. The van der Waals surface area contributed by atoms with E-state index in [0.717, 1.165) is 0 Å². The highest BCUT2D eigenvalue weighted by molar-refractivity contribution is 5.36. The first-order valence-corrected chi connectivity index (χ1v) is 3.87. The molecule has 0 amide bonds. The molecule has 0 aromatic carbocycles. The van der Waals surface area contributed by atoms with Gasteiger partial charge < -0.3 is 5.73 Å². The van der Waals surface area contributed by atoms with Crippen LogP contribution in [0.2, 0.25) is 0 Å². The zero-order valence-electron chi connectivity index (χ0n) is 7.34. The van der Waals surface area contributed by atoms with Crippen molar-refractivity contribution in [2.24, 2.45) is 5.73 Å². The fraction of sp³-hybridized carbons (Fsp3) is 0.125. The molecule has 14 heavy (non-hydrogen) atoms. The van der Waals surface area contributed by atoms with Crippen molar-refractivity contribution in [3.63, 3.8) is 0 Å². The second-order valence-corrected chi connectivity index (χ2v) is 2.41. The number of anilines is 1. The molecule has 0 spiro atoms. The van der Waals surface area contributed by atoms with Crippen LogP contribution >= 0.6 is 0 Å². The molecule has 0 radical (unpaired) electrons. The molecule has 1 heterocycles. The van der Waals surface area contributed by atoms with Gasteiger partial charge in [0.25, 0.3) is 0 Å². The van der Waals surface area contributed by atoms with Crippen LogP contribution in [0.5, 0.6) is 0 Å². The third-order valence-corrected chi connectivity index (χ3v) is 1.50. The Bertz CT molecular complexity index is 428. The number of nitrogens with one attached hydrogen (secondary N) is 1. The second-order valence-electron chi connectivity index (χ2n) is 2.41. The van der Waals surface area contributed by atoms with Crippen LogP contribution < -0.4 is 16.7 Å². The van der Waals surface area contributed by atoms with Crippen LogP contribution in [-0.4, -0.2) is 9.55 Å². The SMILES string of the molecule is N#CNc1ccn(CC=CN)c(=O)n1. The van der Waals surface area contributed by atoms with Crippen molar-refractivity contribution in [2.75, 3.05) is 5.32 Å². The number of nitrogens with zero attached hydrogens (tertiary/aromatic N) is 3. The lowest BCUT2D eigenvalue weighted by Crippen LogP contribution is -2.22. The molecule has 0 aliphatic rings. The molecule has 6 heteroatoms. The molecule has 3 N–H and O–H groups in total. The summed E-state index contributed by atoms with van der Waals surface area (Å²) in [5, 5.41) is 10.6. The Morgan fingerprint density at radius 1 is 1.79 bits per heavy atom. The van der Waals surface area contributed by atoms with Gasteiger partial charge >= 0.3 is 5.69 Å². The van der Waals surface area contributed by atoms with Gasteiger partial charge in [0.1, 0.15) is 5.82 Å². The Morgan fingerprint density at radius 2 is 2.57 bits per heavy atom. The van der Waals surface area contributed by atoms with E-state index in [-0.39, 0.29) is 5.82 Å². The quantitative estimate of drug-likeness (QED) is 0.501. The molecule has 0 aliphatic carbocycles. The van der Waals surface area contributed by atoms with E-state index in [1.54, 1.807) is 12.3 Å². The maximum absolute atomic E-state index is 11.2. The number of hydrogen-bond donors (Lipinski definition) is 2. The molecule has 0 unspecified atom stereocenters. The van der Waals surface area contributed by atoms with E-state index in [4.69, 9.17) is 11.0 Å². The van der Waals surface area contributed by atoms with Crippen molar-refractivity contribution >= 4 is 5.82 Å². The Labute approximate surface area is 80.3 Å². The molecule has 0 bridgehead atoms. The van der Waals surface area contributed by atoms with Crippen molar-refractivity contribution < 1.29 is 0 Å². The molecule has 1 aromatic rings. The van der Waals surface area contributed by atoms with E-state index >= 15 is 0 Å². The first-order chi connectivity index (χ1) is 6.77. The molecule has 0 fully saturated rings. The highest BCUT2D eigenvalue weighted by Gasteiger charge is 1.96. The topological polar surface area (TPSA) is 96.7 Å². The van der Waals surface area contributed by atoms with Gasteiger partial charge in [-0.05, 0) is 18.3 Å². The normalized spacial score (nSPS) is 9.93. The Morgan fingerprint density at radius 3 is 3.14 bits per heavy atom. The molecule has 1 rings (SSSR count). The minimum atomic E-state index is -0.427. The molecule has 72 valence electrons. The monoisotopic (exact) mass is 191 g/mol. The van der Waals surface area contributed by atoms with E-state index in [0.29, 0.717) is 6.54 Å². The molecule has 6 nitrogen and oxygen atoms in total. The molecular weight excluding hydrogens is 182 g/mol. The van der Waals surface area contributed by atoms with Gasteiger partial charge in [-0.3, -0.25) is 9.88 Å². The predicted octanol–water partition coefficient (Wildman–Crippen LogP) is -0.391. The second kappa shape index (κ2) is 4.67. The third-order valence-electron chi connectivity index (χ3n) is 1.50. The van der Waals surface area contributed by atoms with Crippen LogP contribution in [0.4, 0.5) is 5.82 Å². The smallest absolute Gasteiger partial charge is 0.349 e. The third kappa shape index (κ3) is 2.35. The fourth-order valence-electron chi connectivity index (χ4n) is 0.869. The van der Waals surface area contributed by atoms with Gasteiger partial charge in [0.2, 0.25) is 0 Å². The van der Waals surface area contributed by atoms with Crippen LogP contribution in [0.25, 0.3) is 0 Å². The first-order valence-electron chi connectivity index (χ1n) is 3.87. The maximum atomic E-state index is 11.2. The van der Waals surface area contributed by atoms with E-state index < -0.39 is 5.69 Å². The van der Waals surface area contributed by atoms with Crippen LogP contribution in [0.3, 0.4) is 0 Å². The van der Waals surface area contributed by atoms with E-state index in [2.05, 4.69) is 10.3 Å². The standard InChI is InChI=1S/C8H9N5O/c9-3-1-4-13-5-2-7(11-6-10)12-8(13)14/h1-3,5H,4,9H2,(H,11,12,14). The van der Waals surface area contributed by atoms with Gasteiger partial charge in [0.05, 0.1) is 0 Å². The van der Waals surface area contributed by atoms with Gasteiger partial charge in [0.15, 0.2) is 6.19 Å². The number of nitriles is 1. The van der Waals surface area contributed by atoms with E-state index in [1.807, 2.05) is 0 Å². The summed E-state index contributed by atoms with van der Waals surface area (Å²) in [5.74, 6) is 0.241. The average Bonchev–Trinajstić information content (AvgIpc) is 2.17. The molecule has 0 aliphatic heterocycles. The summed E-state index contributed by atoms with van der Waals surface area (Å²) < 4.78 is 1.37. The van der Waals surface area contributed by atoms with Crippen LogP contribution in [0, 0.1) is 11.5 Å². The highest BCUT2D eigenvalue weighted by Crippen LogP contribution is 1.95. The lowest BCUT2D eigenvalue weighted by Gasteiger charge is -2.01. The molecule has 0 saturated heterocycles. The minimum absolute atomic E-state index is 0.241. The number of hydrogen-bond acceptors (Lipinski definition) is 5. The minimum Gasteiger partial charge on any atom is -0.405 e. The fourth-order valence-corrected chi connectivity index (χ4v) is 0.869. The Hall–Kier alpha value is -2.29. The predicted molar refractivity (Wildman–Crippen MR) is 51.1 cm³/mol. The van der Waals surface area contributed by atoms with Gasteiger partial charge in [0, 0.05) is 12.7 Å². The molecule has 1 aromatic heterocycles. The van der Waals surface area contributed by atoms with Crippen molar-refractivity contribution in [1.29, 1.82) is 5.26 Å². The lowest BCUT2D eigenvalue weighted by atomic mass is 10.5. The zero-order chi connectivity index (χ0) is 10.4. The zero-order valence-corrected chi connectivity index (χ0v) is 7.34. The Kier molecular flexibility index (Phi) is 3.27. The van der Waals surface area contributed by atoms with Crippen molar-refractivity contribution in [3.05, 3.63) is 35.0 Å². The number of allylic oxidation sites excluding steroid dienone is 1. The van der Waals surface area contributed by atoms with Crippen LogP contribution in [0.15, 0.2) is 29.3 Å². The van der Waals surface area contributed by atoms with E-state index in [9.17, 15) is 4.79 Å². The van der Waals surface area contributed by atoms with Gasteiger partial charge in [-0.25, -0.2) is 4.79 Å². The van der Waals surface area contributed by atoms with Crippen molar-refractivity contribution in [2.45, 2.75) is 6.54 Å². The summed E-state index contributed by atoms with van der Waals surface area (Å²) in [6.45, 7) is 0.370. The van der Waals surface area contributed by atoms with Crippen LogP contribution in [0.1, 0.15) is 0 Å². The summed E-state index contributed by atoms with van der Waals surface area (Å²) in [7, 11) is 0. The maximum Gasteiger partial charge on any atom is 0.349 e. The summed E-state index contributed by atoms with van der Waals surface area (Å²) in [6.07, 6.45) is 6.20. The number of rotatable bonds is 3. The van der Waals surface area contributed by atoms with Crippen LogP contribution in [-0.2, 0) is 6.54 Å². The Balaban J connectivity index is 2.91. The number of aromatic nitrogens is 2.